The van der Waals surface area contributed by atoms with Crippen LogP contribution in [0.3, 0.4) is 0 Å². The van der Waals surface area contributed by atoms with Gasteiger partial charge in [0.15, 0.2) is 0 Å². The number of hydrogen-bond acceptors (Lipinski definition) is 0. The quantitative estimate of drug-likeness (QED) is 0.285. The van der Waals surface area contributed by atoms with Gasteiger partial charge in [0.05, 0.1) is 0 Å². The fraction of sp³-hybridized carbons (Fsp3) is 0.412. The van der Waals surface area contributed by atoms with Gasteiger partial charge in [0, 0.05) is 21.1 Å². The van der Waals surface area contributed by atoms with Crippen LogP contribution in [0.5, 0.6) is 0 Å². The van der Waals surface area contributed by atoms with Crippen molar-refractivity contribution in [2.75, 3.05) is 0 Å². The maximum absolute atomic E-state index is 2.97. The van der Waals surface area contributed by atoms with Crippen LogP contribution in [-0.2, 0) is 33.9 Å². The van der Waals surface area contributed by atoms with E-state index in [4.69, 9.17) is 0 Å². The summed E-state index contributed by atoms with van der Waals surface area (Å²) in [4.78, 5) is 0. The van der Waals surface area contributed by atoms with Crippen LogP contribution in [0.25, 0.3) is 0 Å². The molecule has 0 aliphatic heterocycles. The normalized spacial score (nSPS) is 10.6. The molecule has 2 aromatic rings. The van der Waals surface area contributed by atoms with Gasteiger partial charge >= 0.3 is 0 Å². The first-order valence-corrected chi connectivity index (χ1v) is 12.7. The van der Waals surface area contributed by atoms with Crippen LogP contribution in [0.4, 0.5) is 0 Å². The van der Waals surface area contributed by atoms with Gasteiger partial charge in [0.25, 0.3) is 0 Å². The predicted octanol–water partition coefficient (Wildman–Crippen LogP) is 11.1. The van der Waals surface area contributed by atoms with E-state index in [1.54, 1.807) is 0 Å². The third-order valence-electron chi connectivity index (χ3n) is 4.04. The summed E-state index contributed by atoms with van der Waals surface area (Å²) in [7, 11) is 0. The van der Waals surface area contributed by atoms with Crippen LogP contribution >= 0.6 is 0 Å². The van der Waals surface area contributed by atoms with Gasteiger partial charge in [-0.25, -0.2) is 0 Å². The Bertz CT molecular complexity index is 690. The maximum Gasteiger partial charge on any atom is 0 e. The molecule has 0 nitrogen and oxygen atoms in total. The van der Waals surface area contributed by atoms with E-state index < -0.39 is 0 Å². The summed E-state index contributed by atoms with van der Waals surface area (Å²) in [5, 5.41) is 0. The molecular formula is C34H53W-. The zero-order valence-electron chi connectivity index (χ0n) is 22.9. The zero-order chi connectivity index (χ0) is 25.0. The number of hydrogen-bond donors (Lipinski definition) is 0. The van der Waals surface area contributed by atoms with Crippen molar-refractivity contribution in [3.05, 3.63) is 120 Å². The molecule has 2 aromatic carbocycles. The summed E-state index contributed by atoms with van der Waals surface area (Å²) in [5.74, 6) is 0. The Morgan fingerprint density at radius 1 is 0.571 bits per heavy atom. The first-order valence-electron chi connectivity index (χ1n) is 12.7. The van der Waals surface area contributed by atoms with Crippen molar-refractivity contribution in [3.63, 3.8) is 0 Å². The van der Waals surface area contributed by atoms with Gasteiger partial charge < -0.3 is 0 Å². The van der Waals surface area contributed by atoms with Crippen molar-refractivity contribution < 1.29 is 21.1 Å². The molecule has 0 aromatic heterocycles. The van der Waals surface area contributed by atoms with Crippen LogP contribution < -0.4 is 0 Å². The molecule has 0 fully saturated rings. The molecule has 1 heteroatoms. The molecule has 0 saturated carbocycles. The number of allylic oxidation sites excluding steroid dienone is 8. The second kappa shape index (κ2) is 34.3. The topological polar surface area (TPSA) is 0 Å². The molecule has 2 aliphatic carbocycles. The molecule has 196 valence electrons. The summed E-state index contributed by atoms with van der Waals surface area (Å²) in [5.41, 5.74) is 4.14. The fourth-order valence-electron chi connectivity index (χ4n) is 2.27. The van der Waals surface area contributed by atoms with Gasteiger partial charge in [-0.2, -0.15) is 35.9 Å². The van der Waals surface area contributed by atoms with Gasteiger partial charge in [-0.05, 0) is 31.7 Å². The average Bonchev–Trinajstić information content (AvgIpc) is 3.61. The molecule has 4 rings (SSSR count). The van der Waals surface area contributed by atoms with Gasteiger partial charge in [-0.15, -0.1) is 0 Å². The minimum absolute atomic E-state index is 0. The van der Waals surface area contributed by atoms with Crippen LogP contribution in [0.2, 0.25) is 0 Å². The van der Waals surface area contributed by atoms with Crippen LogP contribution in [0.15, 0.2) is 97.1 Å². The third kappa shape index (κ3) is 32.1. The molecule has 0 spiro atoms. The summed E-state index contributed by atoms with van der Waals surface area (Å²) in [6, 6.07) is 19.7. The van der Waals surface area contributed by atoms with E-state index in [2.05, 4.69) is 140 Å². The number of aryl methyl sites for hydroxylation is 3. The van der Waals surface area contributed by atoms with Gasteiger partial charge in [-0.3, -0.25) is 0 Å². The van der Waals surface area contributed by atoms with Crippen LogP contribution in [-0.4, -0.2) is 0 Å². The Morgan fingerprint density at radius 3 is 1.11 bits per heavy atom. The SMILES string of the molecule is C.C1=CCC=C1.C1=CCC=C1.CCC.CCC.CCc1cc[c-]cc1.CCc1ccc(C)cc1.[W]. The molecule has 0 amide bonds. The maximum atomic E-state index is 2.97. The van der Waals surface area contributed by atoms with Gasteiger partial charge in [0.1, 0.15) is 0 Å². The standard InChI is InChI=1S/C9H12.C8H9.2C5H6.2C3H8.CH4.W/c1-3-9-6-4-8(2)5-7-9;1-2-8-6-4-3-5-7-8;2*1-2-4-5-3-1;2*1-3-2;;/h4-7H,3H2,1-2H3;4-7H,2H2,1H3;2*1-4H,5H2;2*3H2,1-2H3;1H4;/q;-1;;;;;;. The van der Waals surface area contributed by atoms with Crippen molar-refractivity contribution in [2.45, 2.75) is 94.4 Å². The van der Waals surface area contributed by atoms with E-state index >= 15 is 0 Å². The Morgan fingerprint density at radius 2 is 0.886 bits per heavy atom. The van der Waals surface area contributed by atoms with E-state index in [0.29, 0.717) is 0 Å². The Balaban J connectivity index is -0.000000171. The first-order chi connectivity index (χ1) is 16.1. The fourth-order valence-corrected chi connectivity index (χ4v) is 2.27. The largest absolute Gasteiger partial charge is 0.184 e. The molecule has 35 heavy (non-hydrogen) atoms. The van der Waals surface area contributed by atoms with Crippen molar-refractivity contribution in [3.8, 4) is 0 Å². The van der Waals surface area contributed by atoms with Crippen LogP contribution in [0.1, 0.15) is 91.3 Å². The number of benzene rings is 2. The Hall–Kier alpha value is -1.91. The molecular weight excluding hydrogens is 592 g/mol. The van der Waals surface area contributed by atoms with E-state index in [-0.39, 0.29) is 28.5 Å². The molecule has 0 N–H and O–H groups in total. The average molecular weight is 646 g/mol. The predicted molar refractivity (Wildman–Crippen MR) is 160 cm³/mol. The zero-order valence-corrected chi connectivity index (χ0v) is 25.8. The third-order valence-corrected chi connectivity index (χ3v) is 4.04. The molecule has 0 atom stereocenters. The molecule has 0 saturated heterocycles. The molecule has 0 bridgehead atoms. The number of rotatable bonds is 2. The molecule has 0 heterocycles. The second-order valence-electron chi connectivity index (χ2n) is 7.70. The summed E-state index contributed by atoms with van der Waals surface area (Å²) in [6.07, 6.45) is 23.8. The van der Waals surface area contributed by atoms with Gasteiger partial charge in [-0.1, -0.05) is 147 Å². The van der Waals surface area contributed by atoms with Gasteiger partial charge in [0.2, 0.25) is 0 Å². The van der Waals surface area contributed by atoms with E-state index in [9.17, 15) is 0 Å². The smallest absolute Gasteiger partial charge is 0 e. The molecule has 2 aliphatic rings. The summed E-state index contributed by atoms with van der Waals surface area (Å²) < 4.78 is 0. The van der Waals surface area contributed by atoms with Crippen molar-refractivity contribution in [2.24, 2.45) is 0 Å². The second-order valence-corrected chi connectivity index (χ2v) is 7.70. The van der Waals surface area contributed by atoms with Crippen LogP contribution in [0, 0.1) is 13.0 Å². The minimum Gasteiger partial charge on any atom is -0.184 e. The van der Waals surface area contributed by atoms with E-state index in [1.807, 2.05) is 12.1 Å². The van der Waals surface area contributed by atoms with Crippen molar-refractivity contribution in [1.29, 1.82) is 0 Å². The van der Waals surface area contributed by atoms with Crippen molar-refractivity contribution in [1.82, 2.24) is 0 Å². The Labute approximate surface area is 234 Å². The van der Waals surface area contributed by atoms with Crippen molar-refractivity contribution >= 4 is 0 Å². The summed E-state index contributed by atoms with van der Waals surface area (Å²) in [6.45, 7) is 14.9. The van der Waals surface area contributed by atoms with E-state index in [0.717, 1.165) is 25.7 Å². The van der Waals surface area contributed by atoms with E-state index in [1.165, 1.54) is 29.5 Å². The molecule has 0 radical (unpaired) electrons. The minimum atomic E-state index is 0. The molecule has 0 unspecified atom stereocenters. The monoisotopic (exact) mass is 645 g/mol. The Kier molecular flexibility index (Phi) is 39.4. The first kappa shape index (κ1) is 40.3. The summed E-state index contributed by atoms with van der Waals surface area (Å²) >= 11 is 0.